The van der Waals surface area contributed by atoms with E-state index in [4.69, 9.17) is 10.8 Å². The van der Waals surface area contributed by atoms with Crippen molar-refractivity contribution in [3.05, 3.63) is 29.6 Å². The predicted octanol–water partition coefficient (Wildman–Crippen LogP) is 2.27. The van der Waals surface area contributed by atoms with Crippen LogP contribution in [0, 0.1) is 5.82 Å². The van der Waals surface area contributed by atoms with E-state index in [9.17, 15) is 9.18 Å². The van der Waals surface area contributed by atoms with E-state index in [1.807, 2.05) is 0 Å². The van der Waals surface area contributed by atoms with Crippen molar-refractivity contribution in [3.63, 3.8) is 0 Å². The Morgan fingerprint density at radius 2 is 2.06 bits per heavy atom. The maximum Gasteiger partial charge on any atom is 0.407 e. The van der Waals surface area contributed by atoms with E-state index >= 15 is 0 Å². The maximum atomic E-state index is 13.0. The van der Waals surface area contributed by atoms with Crippen molar-refractivity contribution >= 4 is 11.8 Å². The van der Waals surface area contributed by atoms with E-state index in [0.29, 0.717) is 13.1 Å². The molecule has 0 atom stereocenters. The molecule has 1 fully saturated rings. The van der Waals surface area contributed by atoms with Gasteiger partial charge in [0, 0.05) is 13.1 Å². The standard InChI is InChI=1S/C12H15FN2O2/c13-10-2-1-9(7-11(10)14)8-3-5-15(6-4-8)12(16)17/h1-2,7-8H,3-6,14H2,(H,16,17). The lowest BCUT2D eigenvalue weighted by molar-refractivity contribution is 0.132. The van der Waals surface area contributed by atoms with Crippen molar-refractivity contribution < 1.29 is 14.3 Å². The zero-order valence-electron chi connectivity index (χ0n) is 9.40. The van der Waals surface area contributed by atoms with Crippen molar-refractivity contribution in [2.24, 2.45) is 0 Å². The lowest BCUT2D eigenvalue weighted by Gasteiger charge is -2.30. The molecule has 2 rings (SSSR count). The third kappa shape index (κ3) is 2.49. The van der Waals surface area contributed by atoms with Crippen LogP contribution in [0.3, 0.4) is 0 Å². The summed E-state index contributed by atoms with van der Waals surface area (Å²) in [6, 6.07) is 4.75. The van der Waals surface area contributed by atoms with Gasteiger partial charge in [0.2, 0.25) is 0 Å². The number of carbonyl (C=O) groups is 1. The van der Waals surface area contributed by atoms with Gasteiger partial charge in [-0.05, 0) is 36.5 Å². The van der Waals surface area contributed by atoms with Crippen molar-refractivity contribution in [1.29, 1.82) is 0 Å². The Hall–Kier alpha value is -1.78. The molecule has 0 aliphatic carbocycles. The molecule has 17 heavy (non-hydrogen) atoms. The molecule has 0 spiro atoms. The molecule has 0 saturated carbocycles. The van der Waals surface area contributed by atoms with E-state index < -0.39 is 11.9 Å². The highest BCUT2D eigenvalue weighted by molar-refractivity contribution is 5.65. The Kier molecular flexibility index (Phi) is 3.17. The molecule has 4 nitrogen and oxygen atoms in total. The van der Waals surface area contributed by atoms with Gasteiger partial charge < -0.3 is 15.7 Å². The zero-order valence-corrected chi connectivity index (χ0v) is 9.40. The number of rotatable bonds is 1. The molecule has 1 aliphatic rings. The number of halogens is 1. The second-order valence-corrected chi connectivity index (χ2v) is 4.32. The molecule has 1 heterocycles. The highest BCUT2D eigenvalue weighted by Crippen LogP contribution is 2.29. The highest BCUT2D eigenvalue weighted by atomic mass is 19.1. The van der Waals surface area contributed by atoms with Crippen LogP contribution in [0.2, 0.25) is 0 Å². The number of benzene rings is 1. The van der Waals surface area contributed by atoms with Gasteiger partial charge in [0.05, 0.1) is 5.69 Å². The van der Waals surface area contributed by atoms with Crippen molar-refractivity contribution in [2.75, 3.05) is 18.8 Å². The number of nitrogens with zero attached hydrogens (tertiary/aromatic N) is 1. The summed E-state index contributed by atoms with van der Waals surface area (Å²) in [5.41, 5.74) is 6.67. The number of hydrogen-bond donors (Lipinski definition) is 2. The van der Waals surface area contributed by atoms with E-state index in [0.717, 1.165) is 18.4 Å². The molecule has 1 amide bonds. The lowest BCUT2D eigenvalue weighted by Crippen LogP contribution is -2.36. The number of anilines is 1. The van der Waals surface area contributed by atoms with Crippen LogP contribution in [0.15, 0.2) is 18.2 Å². The lowest BCUT2D eigenvalue weighted by atomic mass is 9.89. The smallest absolute Gasteiger partial charge is 0.407 e. The minimum atomic E-state index is -0.873. The molecule has 1 aromatic carbocycles. The minimum Gasteiger partial charge on any atom is -0.465 e. The normalized spacial score (nSPS) is 17.1. The number of nitrogens with two attached hydrogens (primary N) is 1. The van der Waals surface area contributed by atoms with Crippen LogP contribution in [-0.4, -0.2) is 29.2 Å². The van der Waals surface area contributed by atoms with Crippen LogP contribution in [0.5, 0.6) is 0 Å². The molecule has 0 bridgehead atoms. The van der Waals surface area contributed by atoms with Gasteiger partial charge in [0.1, 0.15) is 5.82 Å². The number of piperidine rings is 1. The van der Waals surface area contributed by atoms with Crippen molar-refractivity contribution in [1.82, 2.24) is 4.90 Å². The average molecular weight is 238 g/mol. The highest BCUT2D eigenvalue weighted by Gasteiger charge is 2.23. The Bertz CT molecular complexity index is 429. The SMILES string of the molecule is Nc1cc(C2CCN(C(=O)O)CC2)ccc1F. The summed E-state index contributed by atoms with van der Waals surface area (Å²) in [4.78, 5) is 12.2. The van der Waals surface area contributed by atoms with Gasteiger partial charge in [-0.1, -0.05) is 6.07 Å². The zero-order chi connectivity index (χ0) is 12.4. The molecule has 0 unspecified atom stereocenters. The summed E-state index contributed by atoms with van der Waals surface area (Å²) < 4.78 is 13.0. The maximum absolute atomic E-state index is 13.0. The summed E-state index contributed by atoms with van der Waals surface area (Å²) in [6.07, 6.45) is 0.649. The van der Waals surface area contributed by atoms with Crippen LogP contribution in [0.25, 0.3) is 0 Å². The van der Waals surface area contributed by atoms with E-state index in [1.165, 1.54) is 11.0 Å². The molecule has 5 heteroatoms. The van der Waals surface area contributed by atoms with Crippen LogP contribution in [-0.2, 0) is 0 Å². The van der Waals surface area contributed by atoms with Gasteiger partial charge in [-0.3, -0.25) is 0 Å². The van der Waals surface area contributed by atoms with E-state index in [1.54, 1.807) is 12.1 Å². The minimum absolute atomic E-state index is 0.156. The van der Waals surface area contributed by atoms with Crippen molar-refractivity contribution in [3.8, 4) is 0 Å². The second-order valence-electron chi connectivity index (χ2n) is 4.32. The first kappa shape index (κ1) is 11.7. The number of amides is 1. The third-order valence-corrected chi connectivity index (χ3v) is 3.26. The predicted molar refractivity (Wildman–Crippen MR) is 62.4 cm³/mol. The first-order valence-corrected chi connectivity index (χ1v) is 5.60. The fraction of sp³-hybridized carbons (Fsp3) is 0.417. The fourth-order valence-corrected chi connectivity index (χ4v) is 2.22. The third-order valence-electron chi connectivity index (χ3n) is 3.26. The number of hydrogen-bond acceptors (Lipinski definition) is 2. The Morgan fingerprint density at radius 1 is 1.41 bits per heavy atom. The van der Waals surface area contributed by atoms with E-state index in [2.05, 4.69) is 0 Å². The van der Waals surface area contributed by atoms with Crippen LogP contribution in [0.1, 0.15) is 24.3 Å². The number of nitrogen functional groups attached to an aromatic ring is 1. The summed E-state index contributed by atoms with van der Waals surface area (Å²) >= 11 is 0. The number of carboxylic acid groups (broad SMARTS) is 1. The average Bonchev–Trinajstić information content (AvgIpc) is 2.33. The monoisotopic (exact) mass is 238 g/mol. The molecule has 0 radical (unpaired) electrons. The molecule has 1 saturated heterocycles. The van der Waals surface area contributed by atoms with Crippen LogP contribution >= 0.6 is 0 Å². The topological polar surface area (TPSA) is 66.6 Å². The van der Waals surface area contributed by atoms with Crippen LogP contribution < -0.4 is 5.73 Å². The molecule has 3 N–H and O–H groups in total. The first-order chi connectivity index (χ1) is 8.08. The van der Waals surface area contributed by atoms with Gasteiger partial charge in [-0.25, -0.2) is 9.18 Å². The molecular weight excluding hydrogens is 223 g/mol. The first-order valence-electron chi connectivity index (χ1n) is 5.60. The molecular formula is C12H15FN2O2. The Balaban J connectivity index is 2.05. The summed E-state index contributed by atoms with van der Waals surface area (Å²) in [7, 11) is 0. The van der Waals surface area contributed by atoms with Gasteiger partial charge >= 0.3 is 6.09 Å². The Morgan fingerprint density at radius 3 is 2.59 bits per heavy atom. The molecule has 1 aliphatic heterocycles. The number of likely N-dealkylation sites (tertiary alicyclic amines) is 1. The molecule has 92 valence electrons. The van der Waals surface area contributed by atoms with E-state index in [-0.39, 0.29) is 11.6 Å². The van der Waals surface area contributed by atoms with Gasteiger partial charge in [-0.15, -0.1) is 0 Å². The summed E-state index contributed by atoms with van der Waals surface area (Å²) in [5, 5.41) is 8.83. The van der Waals surface area contributed by atoms with Crippen LogP contribution in [0.4, 0.5) is 14.9 Å². The largest absolute Gasteiger partial charge is 0.465 e. The molecule has 0 aromatic heterocycles. The van der Waals surface area contributed by atoms with Crippen molar-refractivity contribution in [2.45, 2.75) is 18.8 Å². The summed E-state index contributed by atoms with van der Waals surface area (Å²) in [6.45, 7) is 1.05. The fourth-order valence-electron chi connectivity index (χ4n) is 2.22. The summed E-state index contributed by atoms with van der Waals surface area (Å²) in [5.74, 6) is -0.134. The van der Waals surface area contributed by atoms with Gasteiger partial charge in [0.15, 0.2) is 0 Å². The second kappa shape index (κ2) is 4.61. The Labute approximate surface area is 98.8 Å². The quantitative estimate of drug-likeness (QED) is 0.737. The molecule has 1 aromatic rings. The van der Waals surface area contributed by atoms with Gasteiger partial charge in [-0.2, -0.15) is 0 Å². The van der Waals surface area contributed by atoms with Gasteiger partial charge in [0.25, 0.3) is 0 Å².